The van der Waals surface area contributed by atoms with Crippen molar-refractivity contribution in [2.24, 2.45) is 11.8 Å². The highest BCUT2D eigenvalue weighted by molar-refractivity contribution is 7.13. The van der Waals surface area contributed by atoms with Crippen LogP contribution in [0.15, 0.2) is 114 Å². The molecule has 0 aliphatic carbocycles. The highest BCUT2D eigenvalue weighted by Gasteiger charge is 2.50. The van der Waals surface area contributed by atoms with E-state index in [1.165, 1.54) is 0 Å². The number of benzene rings is 3. The number of anilines is 3. The molecular formula is C52H57N3O4S2. The van der Waals surface area contributed by atoms with Crippen LogP contribution in [0.4, 0.5) is 17.1 Å². The lowest BCUT2D eigenvalue weighted by Gasteiger charge is -2.29. The second-order valence-electron chi connectivity index (χ2n) is 15.8. The molecule has 7 rings (SSSR count). The number of amides is 2. The predicted octanol–water partition coefficient (Wildman–Crippen LogP) is 12.9. The van der Waals surface area contributed by atoms with Crippen molar-refractivity contribution in [3.05, 3.63) is 134 Å². The first-order valence-electron chi connectivity index (χ1n) is 21.8. The minimum absolute atomic E-state index is 0.0553. The second-order valence-corrected chi connectivity index (χ2v) is 17.8. The summed E-state index contributed by atoms with van der Waals surface area (Å²) in [5.74, 6) is 8.96. The molecule has 2 unspecified atom stereocenters. The van der Waals surface area contributed by atoms with E-state index in [4.69, 9.17) is 9.47 Å². The fraction of sp³-hybridized carbons (Fsp3) is 0.346. The van der Waals surface area contributed by atoms with E-state index in [-0.39, 0.29) is 11.8 Å². The van der Waals surface area contributed by atoms with Crippen LogP contribution in [-0.2, 0) is 9.59 Å². The Bertz CT molecular complexity index is 2350. The van der Waals surface area contributed by atoms with Crippen LogP contribution in [0.1, 0.15) is 99.3 Å². The zero-order valence-electron chi connectivity index (χ0n) is 36.3. The van der Waals surface area contributed by atoms with E-state index in [1.807, 2.05) is 88.0 Å². The Hall–Kier alpha value is -5.56. The Morgan fingerprint density at radius 1 is 0.607 bits per heavy atom. The van der Waals surface area contributed by atoms with Gasteiger partial charge in [0.1, 0.15) is 11.5 Å². The van der Waals surface area contributed by atoms with Crippen LogP contribution >= 0.6 is 22.7 Å². The van der Waals surface area contributed by atoms with Gasteiger partial charge in [0.05, 0.1) is 51.4 Å². The highest BCUT2D eigenvalue weighted by atomic mass is 32.1. The third kappa shape index (κ3) is 9.51. The van der Waals surface area contributed by atoms with Gasteiger partial charge in [0, 0.05) is 35.7 Å². The molecule has 7 nitrogen and oxygen atoms in total. The average molecular weight is 852 g/mol. The quantitative estimate of drug-likeness (QED) is 0.0775. The number of ether oxygens (including phenoxy) is 2. The SMILES string of the molecule is CCCCC(CC)CN1C(=O)C2=C(c3ccc(C#Cc4ccc(N(c5ccc(OC)cc5)c5ccc(OC)cc5)cc4)s3)N(CC(CC)CCCC)C(=O)C2=C1c1cccs1. The fourth-order valence-electron chi connectivity index (χ4n) is 8.29. The van der Waals surface area contributed by atoms with E-state index < -0.39 is 0 Å². The Balaban J connectivity index is 1.23. The van der Waals surface area contributed by atoms with Gasteiger partial charge in [-0.3, -0.25) is 9.59 Å². The molecule has 9 heteroatoms. The summed E-state index contributed by atoms with van der Waals surface area (Å²) in [4.78, 5) is 38.5. The van der Waals surface area contributed by atoms with E-state index in [2.05, 4.69) is 68.7 Å². The van der Waals surface area contributed by atoms with E-state index >= 15 is 0 Å². The summed E-state index contributed by atoms with van der Waals surface area (Å²) in [5, 5.41) is 2.03. The molecule has 2 atom stereocenters. The zero-order chi connectivity index (χ0) is 42.9. The van der Waals surface area contributed by atoms with Crippen molar-refractivity contribution >= 4 is 62.9 Å². The van der Waals surface area contributed by atoms with Gasteiger partial charge in [-0.2, -0.15) is 0 Å². The maximum atomic E-state index is 14.9. The molecule has 0 bridgehead atoms. The van der Waals surface area contributed by atoms with Crippen molar-refractivity contribution in [1.82, 2.24) is 9.80 Å². The Morgan fingerprint density at radius 2 is 1.10 bits per heavy atom. The highest BCUT2D eigenvalue weighted by Crippen LogP contribution is 2.49. The molecule has 0 spiro atoms. The largest absolute Gasteiger partial charge is 0.497 e. The van der Waals surface area contributed by atoms with Crippen LogP contribution < -0.4 is 14.4 Å². The Labute approximate surface area is 370 Å². The van der Waals surface area contributed by atoms with Crippen molar-refractivity contribution in [3.8, 4) is 23.3 Å². The van der Waals surface area contributed by atoms with Crippen LogP contribution in [0.3, 0.4) is 0 Å². The number of hydrogen-bond donors (Lipinski definition) is 0. The molecule has 2 aliphatic heterocycles. The number of fused-ring (bicyclic) bond motifs is 1. The summed E-state index contributed by atoms with van der Waals surface area (Å²) in [6.45, 7) is 10.0. The first kappa shape index (κ1) is 43.5. The van der Waals surface area contributed by atoms with E-state index in [0.29, 0.717) is 36.1 Å². The van der Waals surface area contributed by atoms with Crippen molar-refractivity contribution in [2.45, 2.75) is 79.1 Å². The first-order chi connectivity index (χ1) is 29.8. The molecule has 3 aromatic carbocycles. The van der Waals surface area contributed by atoms with Crippen LogP contribution in [-0.4, -0.2) is 48.9 Å². The second kappa shape index (κ2) is 20.3. The third-order valence-electron chi connectivity index (χ3n) is 11.9. The molecule has 2 aromatic heterocycles. The number of rotatable bonds is 19. The van der Waals surface area contributed by atoms with Crippen LogP contribution in [0.2, 0.25) is 0 Å². The third-order valence-corrected chi connectivity index (χ3v) is 13.7. The first-order valence-corrected chi connectivity index (χ1v) is 23.5. The van der Waals surface area contributed by atoms with Crippen molar-refractivity contribution in [1.29, 1.82) is 0 Å². The predicted molar refractivity (Wildman–Crippen MR) is 253 cm³/mol. The number of carbonyl (C=O) groups excluding carboxylic acids is 2. The van der Waals surface area contributed by atoms with Gasteiger partial charge in [-0.05, 0) is 121 Å². The lowest BCUT2D eigenvalue weighted by Crippen LogP contribution is -2.34. The fourth-order valence-corrected chi connectivity index (χ4v) is 10.00. The number of hydrogen-bond acceptors (Lipinski definition) is 7. The van der Waals surface area contributed by atoms with Gasteiger partial charge in [0.2, 0.25) is 0 Å². The van der Waals surface area contributed by atoms with E-state index in [9.17, 15) is 9.59 Å². The van der Waals surface area contributed by atoms with Gasteiger partial charge in [0.15, 0.2) is 0 Å². The minimum Gasteiger partial charge on any atom is -0.497 e. The molecule has 5 aromatic rings. The van der Waals surface area contributed by atoms with Gasteiger partial charge < -0.3 is 24.2 Å². The molecule has 2 amide bonds. The molecule has 61 heavy (non-hydrogen) atoms. The average Bonchev–Trinajstić information content (AvgIpc) is 4.11. The number of carbonyl (C=O) groups is 2. The molecule has 0 saturated carbocycles. The molecule has 0 saturated heterocycles. The lowest BCUT2D eigenvalue weighted by atomic mass is 9.98. The van der Waals surface area contributed by atoms with Crippen LogP contribution in [0.5, 0.6) is 11.5 Å². The zero-order valence-corrected chi connectivity index (χ0v) is 38.0. The van der Waals surface area contributed by atoms with Gasteiger partial charge >= 0.3 is 0 Å². The van der Waals surface area contributed by atoms with Crippen molar-refractivity contribution in [3.63, 3.8) is 0 Å². The Kier molecular flexibility index (Phi) is 14.5. The lowest BCUT2D eigenvalue weighted by molar-refractivity contribution is -0.124. The summed E-state index contributed by atoms with van der Waals surface area (Å²) >= 11 is 3.15. The van der Waals surface area contributed by atoms with Crippen LogP contribution in [0.25, 0.3) is 11.4 Å². The van der Waals surface area contributed by atoms with E-state index in [0.717, 1.165) is 112 Å². The van der Waals surface area contributed by atoms with Gasteiger partial charge in [-0.15, -0.1) is 22.7 Å². The summed E-state index contributed by atoms with van der Waals surface area (Å²) < 4.78 is 10.9. The van der Waals surface area contributed by atoms with Crippen molar-refractivity contribution < 1.29 is 19.1 Å². The normalized spacial score (nSPS) is 14.7. The molecule has 2 aliphatic rings. The molecule has 0 radical (unpaired) electrons. The smallest absolute Gasteiger partial charge is 0.261 e. The van der Waals surface area contributed by atoms with Gasteiger partial charge in [-0.1, -0.05) is 84.1 Å². The monoisotopic (exact) mass is 851 g/mol. The standard InChI is InChI=1S/C52H57N3O4S2/c1-7-11-14-36(9-3)34-53-49(45-16-13-33-60-45)47-48(52(53)57)50(54(51(47)56)35-37(10-4)15-12-8-2)46-32-31-44(61-46)30-19-38-17-20-39(21-18-38)55(40-22-26-42(58-5)27-23-40)41-24-28-43(59-6)29-25-41/h13,16-18,20-29,31-33,36-37H,7-12,14-15,34-35H2,1-6H3. The summed E-state index contributed by atoms with van der Waals surface area (Å²) in [6.07, 6.45) is 8.51. The molecule has 316 valence electrons. The Morgan fingerprint density at radius 3 is 1.54 bits per heavy atom. The van der Waals surface area contributed by atoms with Gasteiger partial charge in [0.25, 0.3) is 11.8 Å². The summed E-state index contributed by atoms with van der Waals surface area (Å²) in [7, 11) is 3.34. The number of nitrogens with zero attached hydrogens (tertiary/aromatic N) is 3. The molecular weight excluding hydrogens is 795 g/mol. The summed E-state index contributed by atoms with van der Waals surface area (Å²) in [5.41, 5.74) is 6.51. The van der Waals surface area contributed by atoms with Crippen LogP contribution in [0, 0.1) is 23.7 Å². The summed E-state index contributed by atoms with van der Waals surface area (Å²) in [6, 6.07) is 32.4. The molecule has 4 heterocycles. The van der Waals surface area contributed by atoms with E-state index in [1.54, 1.807) is 36.9 Å². The molecule has 0 fully saturated rings. The molecule has 0 N–H and O–H groups in total. The van der Waals surface area contributed by atoms with Crippen molar-refractivity contribution in [2.75, 3.05) is 32.2 Å². The topological polar surface area (TPSA) is 62.3 Å². The number of thiophene rings is 2. The number of methoxy groups -OCH3 is 2. The maximum Gasteiger partial charge on any atom is 0.261 e. The minimum atomic E-state index is -0.0553. The number of unbranched alkanes of at least 4 members (excludes halogenated alkanes) is 2. The van der Waals surface area contributed by atoms with Gasteiger partial charge in [-0.25, -0.2) is 0 Å². The maximum absolute atomic E-state index is 14.9.